The normalized spacial score (nSPS) is 25.6. The van der Waals surface area contributed by atoms with Gasteiger partial charge in [0.2, 0.25) is 5.91 Å². The Labute approximate surface area is 661 Å². The fraction of sp³-hybridized carbons (Fsp3) is 0.856. The molecule has 3 saturated heterocycles. The monoisotopic (exact) mass is 1550 g/mol. The zero-order valence-corrected chi connectivity index (χ0v) is 68.5. The lowest BCUT2D eigenvalue weighted by Gasteiger charge is -2.48. The number of carbonyl (C=O) groups is 1. The Morgan fingerprint density at radius 1 is 0.339 bits per heavy atom. The lowest BCUT2D eigenvalue weighted by atomic mass is 9.96. The molecule has 109 heavy (non-hydrogen) atoms. The first-order chi connectivity index (χ1) is 53.3. The highest BCUT2D eigenvalue weighted by Crippen LogP contribution is 2.34. The Bertz CT molecular complexity index is 2250. The van der Waals surface area contributed by atoms with Crippen molar-refractivity contribution < 1.29 is 89.4 Å². The van der Waals surface area contributed by atoms with Crippen LogP contribution in [0.3, 0.4) is 0 Å². The largest absolute Gasteiger partial charge is 0.394 e. The predicted molar refractivity (Wildman–Crippen MR) is 438 cm³/mol. The first kappa shape index (κ1) is 100. The lowest BCUT2D eigenvalue weighted by Crippen LogP contribution is -2.66. The Morgan fingerprint density at radius 2 is 0.633 bits per heavy atom. The molecule has 0 aromatic rings. The topological polar surface area (TPSA) is 307 Å². The van der Waals surface area contributed by atoms with E-state index >= 15 is 0 Å². The molecule has 12 N–H and O–H groups in total. The van der Waals surface area contributed by atoms with E-state index in [0.717, 1.165) is 89.9 Å². The molecule has 0 radical (unpaired) electrons. The molecule has 3 rings (SSSR count). The van der Waals surface area contributed by atoms with Gasteiger partial charge in [-0.1, -0.05) is 363 Å². The summed E-state index contributed by atoms with van der Waals surface area (Å²) < 4.78 is 34.6. The first-order valence-corrected chi connectivity index (χ1v) is 44.7. The maximum Gasteiger partial charge on any atom is 0.220 e. The minimum absolute atomic E-state index is 0.242. The molecule has 19 heteroatoms. The molecule has 636 valence electrons. The number of aliphatic hydroxyl groups is 11. The van der Waals surface area contributed by atoms with Crippen LogP contribution in [-0.2, 0) is 33.2 Å². The zero-order valence-electron chi connectivity index (χ0n) is 68.5. The van der Waals surface area contributed by atoms with Crippen molar-refractivity contribution in [2.45, 2.75) is 465 Å². The number of ether oxygens (including phenoxy) is 6. The molecule has 0 aromatic carbocycles. The van der Waals surface area contributed by atoms with E-state index in [1.807, 2.05) is 0 Å². The van der Waals surface area contributed by atoms with E-state index in [1.54, 1.807) is 0 Å². The first-order valence-electron chi connectivity index (χ1n) is 44.7. The van der Waals surface area contributed by atoms with Crippen LogP contribution >= 0.6 is 0 Å². The minimum atomic E-state index is -1.98. The molecule has 0 bridgehead atoms. The summed E-state index contributed by atoms with van der Waals surface area (Å²) in [6.07, 6.45) is 65.7. The molecule has 3 heterocycles. The third-order valence-corrected chi connectivity index (χ3v) is 22.0. The van der Waals surface area contributed by atoms with E-state index in [-0.39, 0.29) is 18.9 Å². The van der Waals surface area contributed by atoms with Gasteiger partial charge in [-0.3, -0.25) is 4.79 Å². The van der Waals surface area contributed by atoms with Crippen LogP contribution in [0.4, 0.5) is 0 Å². The molecular formula is C90H163NO18. The van der Waals surface area contributed by atoms with Gasteiger partial charge in [-0.25, -0.2) is 0 Å². The maximum atomic E-state index is 13.5. The van der Waals surface area contributed by atoms with Gasteiger partial charge in [-0.15, -0.1) is 0 Å². The lowest BCUT2D eigenvalue weighted by molar-refractivity contribution is -0.379. The Balaban J connectivity index is 1.33. The molecule has 3 aliphatic heterocycles. The smallest absolute Gasteiger partial charge is 0.220 e. The summed E-state index contributed by atoms with van der Waals surface area (Å²) in [5.41, 5.74) is 0. The SMILES string of the molecule is CC/C=C\C/C=C\C/C=C\C/C=C\C/C=C\C/C=C\CCCCCCCCCCCCCCC(=O)NC(COC1OC(CO)C(OC2OC(CO)C(OC3OC(CO)C(O)C(O)C3O)C(O)C2O)C(O)C1O)C(O)CCCCCCCCCCCCCCCCCCCCCCCCCCCCCCCCCCC. The number of carbonyl (C=O) groups excluding carboxylic acids is 1. The van der Waals surface area contributed by atoms with Crippen molar-refractivity contribution >= 4 is 5.91 Å². The number of allylic oxidation sites excluding steroid dienone is 12. The van der Waals surface area contributed by atoms with Gasteiger partial charge >= 0.3 is 0 Å². The highest BCUT2D eigenvalue weighted by molar-refractivity contribution is 5.76. The van der Waals surface area contributed by atoms with Gasteiger partial charge in [0.25, 0.3) is 0 Å². The van der Waals surface area contributed by atoms with E-state index in [1.165, 1.54) is 238 Å². The number of nitrogens with one attached hydrogen (secondary N) is 1. The number of amides is 1. The third kappa shape index (κ3) is 48.4. The highest BCUT2D eigenvalue weighted by atomic mass is 16.8. The van der Waals surface area contributed by atoms with Crippen LogP contribution in [0.15, 0.2) is 72.9 Å². The number of unbranched alkanes of at least 4 members (excludes halogenated alkanes) is 44. The van der Waals surface area contributed by atoms with Gasteiger partial charge in [0.05, 0.1) is 38.6 Å². The third-order valence-electron chi connectivity index (χ3n) is 22.0. The van der Waals surface area contributed by atoms with Gasteiger partial charge in [-0.2, -0.15) is 0 Å². The van der Waals surface area contributed by atoms with Crippen LogP contribution < -0.4 is 5.32 Å². The van der Waals surface area contributed by atoms with Gasteiger partial charge in [0, 0.05) is 6.42 Å². The summed E-state index contributed by atoms with van der Waals surface area (Å²) in [5, 5.41) is 121. The van der Waals surface area contributed by atoms with Crippen molar-refractivity contribution in [3.8, 4) is 0 Å². The van der Waals surface area contributed by atoms with Crippen molar-refractivity contribution in [3.63, 3.8) is 0 Å². The minimum Gasteiger partial charge on any atom is -0.394 e. The highest BCUT2D eigenvalue weighted by Gasteiger charge is 2.54. The fourth-order valence-electron chi connectivity index (χ4n) is 15.0. The second-order valence-corrected chi connectivity index (χ2v) is 31.7. The molecular weight excluding hydrogens is 1380 g/mol. The molecule has 19 nitrogen and oxygen atoms in total. The molecule has 0 aliphatic carbocycles. The summed E-state index contributed by atoms with van der Waals surface area (Å²) in [6, 6.07) is -0.895. The van der Waals surface area contributed by atoms with Crippen molar-refractivity contribution in [2.24, 2.45) is 0 Å². The molecule has 0 aromatic heterocycles. The van der Waals surface area contributed by atoms with Crippen molar-refractivity contribution in [1.82, 2.24) is 5.32 Å². The van der Waals surface area contributed by atoms with Crippen LogP contribution in [0.2, 0.25) is 0 Å². The Hall–Kier alpha value is -2.77. The van der Waals surface area contributed by atoms with Crippen LogP contribution in [0.1, 0.15) is 361 Å². The standard InChI is InChI=1S/C90H163NO18/c1-3-5-7-9-11-13-15-17-19-21-23-25-27-29-31-33-35-36-38-39-41-43-45-47-49-51-53-55-57-59-61-63-65-67-74(95)73(91-78(96)68-66-64-62-60-58-56-54-52-50-48-46-44-42-40-37-34-32-30-28-26-24-22-20-18-16-14-12-10-8-6-4-2)72-104-88-84(102)81(99)86(76(70-93)106-88)109-90-85(103)82(100)87(77(71-94)107-90)108-89-83(101)80(98)79(97)75(69-92)105-89/h6,8,12,14,18,20,24,26,30,32,37,40,73-77,79-90,92-95,97-103H,3-5,7,9-11,13,15-17,19,21-23,25,27-29,31,33-36,38-39,41-72H2,1-2H3,(H,91,96)/b8-6-,14-12-,20-18-,26-24-,32-30-,40-37-. The van der Waals surface area contributed by atoms with E-state index < -0.39 is 124 Å². The molecule has 3 aliphatic rings. The average molecular weight is 1550 g/mol. The van der Waals surface area contributed by atoms with E-state index in [2.05, 4.69) is 92.1 Å². The summed E-state index contributed by atoms with van der Waals surface area (Å²) in [4.78, 5) is 13.5. The molecule has 0 spiro atoms. The van der Waals surface area contributed by atoms with Crippen LogP contribution in [0.25, 0.3) is 0 Å². The summed E-state index contributed by atoms with van der Waals surface area (Å²) in [7, 11) is 0. The average Bonchev–Trinajstić information content (AvgIpc) is 0.782. The summed E-state index contributed by atoms with van der Waals surface area (Å²) >= 11 is 0. The van der Waals surface area contributed by atoms with Crippen molar-refractivity contribution in [2.75, 3.05) is 26.4 Å². The predicted octanol–water partition coefficient (Wildman–Crippen LogP) is 16.7. The second-order valence-electron chi connectivity index (χ2n) is 31.7. The van der Waals surface area contributed by atoms with Gasteiger partial charge in [0.1, 0.15) is 73.2 Å². The van der Waals surface area contributed by atoms with Crippen LogP contribution in [0.5, 0.6) is 0 Å². The van der Waals surface area contributed by atoms with Crippen molar-refractivity contribution in [1.29, 1.82) is 0 Å². The molecule has 17 atom stereocenters. The van der Waals surface area contributed by atoms with E-state index in [4.69, 9.17) is 28.4 Å². The van der Waals surface area contributed by atoms with Gasteiger partial charge in [0.15, 0.2) is 18.9 Å². The molecule has 17 unspecified atom stereocenters. The van der Waals surface area contributed by atoms with E-state index in [0.29, 0.717) is 12.8 Å². The fourth-order valence-corrected chi connectivity index (χ4v) is 15.0. The molecule has 3 fully saturated rings. The van der Waals surface area contributed by atoms with Gasteiger partial charge < -0.3 is 89.9 Å². The van der Waals surface area contributed by atoms with Crippen LogP contribution in [0, 0.1) is 0 Å². The number of hydrogen-bond acceptors (Lipinski definition) is 18. The Morgan fingerprint density at radius 3 is 0.991 bits per heavy atom. The second kappa shape index (κ2) is 69.5. The van der Waals surface area contributed by atoms with E-state index in [9.17, 15) is 61.0 Å². The van der Waals surface area contributed by atoms with Crippen LogP contribution in [-0.4, -0.2) is 193 Å². The quantitative estimate of drug-likeness (QED) is 0.0199. The molecule has 1 amide bonds. The summed E-state index contributed by atoms with van der Waals surface area (Å²) in [6.45, 7) is 1.74. The Kier molecular flexibility index (Phi) is 64.1. The number of rotatable bonds is 72. The molecule has 0 saturated carbocycles. The van der Waals surface area contributed by atoms with Gasteiger partial charge in [-0.05, 0) is 64.2 Å². The number of aliphatic hydroxyl groups excluding tert-OH is 11. The van der Waals surface area contributed by atoms with Crippen molar-refractivity contribution in [3.05, 3.63) is 72.9 Å². The summed E-state index contributed by atoms with van der Waals surface area (Å²) in [5.74, 6) is -0.242. The zero-order chi connectivity index (χ0) is 78.8. The maximum absolute atomic E-state index is 13.5. The number of hydrogen-bond donors (Lipinski definition) is 12.